The molecule has 0 saturated heterocycles. The lowest BCUT2D eigenvalue weighted by Crippen LogP contribution is -2.15. The quantitative estimate of drug-likeness (QED) is 0.443. The van der Waals surface area contributed by atoms with Crippen molar-refractivity contribution < 1.29 is 13.2 Å². The van der Waals surface area contributed by atoms with Gasteiger partial charge in [0, 0.05) is 5.56 Å². The SMILES string of the molecule is CC=CC1CCc2c(cc(F)c(C#Cc3ccc(Cl)c(F)c3)c2F)C1. The van der Waals surface area contributed by atoms with Crippen molar-refractivity contribution in [2.45, 2.75) is 26.2 Å². The maximum atomic E-state index is 14.7. The van der Waals surface area contributed by atoms with Crippen molar-refractivity contribution in [2.75, 3.05) is 0 Å². The van der Waals surface area contributed by atoms with Gasteiger partial charge in [0.2, 0.25) is 0 Å². The lowest BCUT2D eigenvalue weighted by atomic mass is 9.82. The molecule has 25 heavy (non-hydrogen) atoms. The molecule has 0 spiro atoms. The van der Waals surface area contributed by atoms with E-state index in [4.69, 9.17) is 11.6 Å². The fourth-order valence-corrected chi connectivity index (χ4v) is 3.25. The van der Waals surface area contributed by atoms with Crippen molar-refractivity contribution in [1.29, 1.82) is 0 Å². The Morgan fingerprint density at radius 1 is 1.12 bits per heavy atom. The summed E-state index contributed by atoms with van der Waals surface area (Å²) >= 11 is 5.61. The predicted molar refractivity (Wildman–Crippen MR) is 94.1 cm³/mol. The lowest BCUT2D eigenvalue weighted by Gasteiger charge is -2.23. The van der Waals surface area contributed by atoms with Gasteiger partial charge in [-0.15, -0.1) is 0 Å². The fourth-order valence-electron chi connectivity index (χ4n) is 3.14. The monoisotopic (exact) mass is 360 g/mol. The van der Waals surface area contributed by atoms with Crippen LogP contribution >= 0.6 is 11.6 Å². The zero-order valence-electron chi connectivity index (χ0n) is 13.7. The Hall–Kier alpha value is -2.18. The van der Waals surface area contributed by atoms with Crippen molar-refractivity contribution in [3.8, 4) is 11.8 Å². The van der Waals surface area contributed by atoms with E-state index in [1.54, 1.807) is 0 Å². The highest BCUT2D eigenvalue weighted by molar-refractivity contribution is 6.30. The first-order valence-corrected chi connectivity index (χ1v) is 8.47. The van der Waals surface area contributed by atoms with Gasteiger partial charge in [0.15, 0.2) is 0 Å². The number of hydrogen-bond donors (Lipinski definition) is 0. The van der Waals surface area contributed by atoms with Crippen molar-refractivity contribution in [1.82, 2.24) is 0 Å². The zero-order chi connectivity index (χ0) is 18.0. The normalized spacial score (nSPS) is 16.4. The van der Waals surface area contributed by atoms with E-state index in [9.17, 15) is 13.2 Å². The van der Waals surface area contributed by atoms with Crippen LogP contribution in [0.2, 0.25) is 5.02 Å². The Morgan fingerprint density at radius 3 is 2.64 bits per heavy atom. The minimum atomic E-state index is -0.681. The molecule has 4 heteroatoms. The van der Waals surface area contributed by atoms with Crippen LogP contribution in [0.3, 0.4) is 0 Å². The second-order valence-electron chi connectivity index (χ2n) is 6.09. The largest absolute Gasteiger partial charge is 0.206 e. The Bertz CT molecular complexity index is 904. The summed E-state index contributed by atoms with van der Waals surface area (Å²) in [6.07, 6.45) is 6.05. The molecule has 0 heterocycles. The third-order valence-electron chi connectivity index (χ3n) is 4.38. The van der Waals surface area contributed by atoms with Crippen molar-refractivity contribution in [3.05, 3.63) is 81.1 Å². The summed E-state index contributed by atoms with van der Waals surface area (Å²) in [6, 6.07) is 5.39. The molecule has 2 aromatic carbocycles. The molecule has 1 aliphatic rings. The standard InChI is InChI=1S/C21H16ClF3/c1-2-3-13-4-7-16-15(10-13)12-19(23)17(21(16)25)8-5-14-6-9-18(22)20(24)11-14/h2-3,6,9,11-13H,4,7,10H2,1H3. The molecule has 0 fully saturated rings. The molecule has 0 N–H and O–H groups in total. The van der Waals surface area contributed by atoms with Crippen molar-refractivity contribution in [2.24, 2.45) is 5.92 Å². The van der Waals surface area contributed by atoms with Crippen LogP contribution in [0.25, 0.3) is 0 Å². The van der Waals surface area contributed by atoms with Crippen molar-refractivity contribution >= 4 is 11.6 Å². The van der Waals surface area contributed by atoms with Gasteiger partial charge in [-0.25, -0.2) is 13.2 Å². The second-order valence-corrected chi connectivity index (χ2v) is 6.50. The maximum Gasteiger partial charge on any atom is 0.145 e. The summed E-state index contributed by atoms with van der Waals surface area (Å²) in [6.45, 7) is 1.94. The predicted octanol–water partition coefficient (Wildman–Crippen LogP) is 5.84. The van der Waals surface area contributed by atoms with Crippen LogP contribution in [0.5, 0.6) is 0 Å². The lowest BCUT2D eigenvalue weighted by molar-refractivity contribution is 0.504. The molecule has 3 rings (SSSR count). The molecule has 1 atom stereocenters. The maximum absolute atomic E-state index is 14.7. The van der Waals surface area contributed by atoms with E-state index >= 15 is 0 Å². The average molecular weight is 361 g/mol. The Labute approximate surface area is 150 Å². The van der Waals surface area contributed by atoms with Gasteiger partial charge < -0.3 is 0 Å². The van der Waals surface area contributed by atoms with Crippen molar-refractivity contribution in [3.63, 3.8) is 0 Å². The number of allylic oxidation sites excluding steroid dienone is 2. The van der Waals surface area contributed by atoms with E-state index in [1.165, 1.54) is 18.2 Å². The molecule has 128 valence electrons. The van der Waals surface area contributed by atoms with E-state index in [1.807, 2.05) is 13.0 Å². The van der Waals surface area contributed by atoms with Crippen LogP contribution in [0.15, 0.2) is 36.4 Å². The van der Waals surface area contributed by atoms with E-state index in [0.717, 1.165) is 12.5 Å². The van der Waals surface area contributed by atoms with E-state index in [0.29, 0.717) is 35.4 Å². The zero-order valence-corrected chi connectivity index (χ0v) is 14.4. The third kappa shape index (κ3) is 3.75. The Morgan fingerprint density at radius 2 is 1.92 bits per heavy atom. The molecule has 0 nitrogen and oxygen atoms in total. The molecule has 1 unspecified atom stereocenters. The van der Waals surface area contributed by atoms with Gasteiger partial charge in [0.25, 0.3) is 0 Å². The van der Waals surface area contributed by atoms with Crippen LogP contribution < -0.4 is 0 Å². The molecule has 1 aliphatic carbocycles. The molecular weight excluding hydrogens is 345 g/mol. The topological polar surface area (TPSA) is 0 Å². The van der Waals surface area contributed by atoms with E-state index in [2.05, 4.69) is 17.9 Å². The van der Waals surface area contributed by atoms with Gasteiger partial charge in [-0.2, -0.15) is 0 Å². The number of fused-ring (bicyclic) bond motifs is 1. The smallest absolute Gasteiger partial charge is 0.145 e. The highest BCUT2D eigenvalue weighted by Gasteiger charge is 2.23. The van der Waals surface area contributed by atoms with E-state index in [-0.39, 0.29) is 10.6 Å². The Balaban J connectivity index is 1.96. The van der Waals surface area contributed by atoms with Gasteiger partial charge in [-0.05, 0) is 67.5 Å². The average Bonchev–Trinajstić information content (AvgIpc) is 2.58. The summed E-state index contributed by atoms with van der Waals surface area (Å²) < 4.78 is 42.5. The van der Waals surface area contributed by atoms with Crippen LogP contribution in [0, 0.1) is 35.2 Å². The molecule has 2 aromatic rings. The number of hydrogen-bond acceptors (Lipinski definition) is 0. The molecule has 0 aliphatic heterocycles. The summed E-state index contributed by atoms with van der Waals surface area (Å²) in [5, 5.41) is -0.0209. The number of rotatable bonds is 1. The molecule has 0 aromatic heterocycles. The van der Waals surface area contributed by atoms with Crippen LogP contribution in [0.4, 0.5) is 13.2 Å². The molecule has 0 bridgehead atoms. The summed E-state index contributed by atoms with van der Waals surface area (Å²) in [4.78, 5) is 0. The van der Waals surface area contributed by atoms with Gasteiger partial charge in [0.1, 0.15) is 17.5 Å². The van der Waals surface area contributed by atoms with E-state index < -0.39 is 17.5 Å². The second kappa shape index (κ2) is 7.37. The molecule has 0 radical (unpaired) electrons. The highest BCUT2D eigenvalue weighted by atomic mass is 35.5. The van der Waals surface area contributed by atoms with Gasteiger partial charge in [-0.1, -0.05) is 35.6 Å². The first-order chi connectivity index (χ1) is 12.0. The summed E-state index contributed by atoms with van der Waals surface area (Å²) in [5.41, 5.74) is 1.28. The summed E-state index contributed by atoms with van der Waals surface area (Å²) in [7, 11) is 0. The van der Waals surface area contributed by atoms with Crippen LogP contribution in [0.1, 0.15) is 35.6 Å². The minimum Gasteiger partial charge on any atom is -0.206 e. The number of benzene rings is 2. The molecule has 0 amide bonds. The van der Waals surface area contributed by atoms with Gasteiger partial charge >= 0.3 is 0 Å². The Kier molecular flexibility index (Phi) is 5.20. The van der Waals surface area contributed by atoms with Gasteiger partial charge in [0.05, 0.1) is 10.6 Å². The van der Waals surface area contributed by atoms with Crippen LogP contribution in [-0.4, -0.2) is 0 Å². The first kappa shape index (κ1) is 17.6. The molecule has 0 saturated carbocycles. The number of halogens is 4. The fraction of sp³-hybridized carbons (Fsp3) is 0.238. The highest BCUT2D eigenvalue weighted by Crippen LogP contribution is 2.31. The summed E-state index contributed by atoms with van der Waals surface area (Å²) in [5.74, 6) is 3.53. The third-order valence-corrected chi connectivity index (χ3v) is 4.68. The molecular formula is C21H16ClF3. The first-order valence-electron chi connectivity index (χ1n) is 8.09. The van der Waals surface area contributed by atoms with Gasteiger partial charge in [-0.3, -0.25) is 0 Å². The minimum absolute atomic E-state index is 0.0209. The van der Waals surface area contributed by atoms with Crippen LogP contribution in [-0.2, 0) is 12.8 Å².